The SMILES string of the molecule is O=C(c1c(O)cccc1O)N1CCCS(=O)(=O)CC1. The highest BCUT2D eigenvalue weighted by Crippen LogP contribution is 2.28. The van der Waals surface area contributed by atoms with E-state index in [1.807, 2.05) is 0 Å². The van der Waals surface area contributed by atoms with Crippen molar-refractivity contribution in [3.63, 3.8) is 0 Å². The van der Waals surface area contributed by atoms with Crippen LogP contribution < -0.4 is 0 Å². The van der Waals surface area contributed by atoms with Gasteiger partial charge in [-0.2, -0.15) is 0 Å². The first-order valence-electron chi connectivity index (χ1n) is 5.91. The molecule has 6 nitrogen and oxygen atoms in total. The van der Waals surface area contributed by atoms with Crippen molar-refractivity contribution in [2.24, 2.45) is 0 Å². The van der Waals surface area contributed by atoms with Gasteiger partial charge in [-0.25, -0.2) is 8.42 Å². The van der Waals surface area contributed by atoms with Crippen molar-refractivity contribution in [3.8, 4) is 11.5 Å². The number of amides is 1. The predicted molar refractivity (Wildman–Crippen MR) is 68.9 cm³/mol. The first-order chi connectivity index (χ1) is 8.91. The number of rotatable bonds is 1. The van der Waals surface area contributed by atoms with Crippen LogP contribution in [0.15, 0.2) is 18.2 Å². The summed E-state index contributed by atoms with van der Waals surface area (Å²) < 4.78 is 22.9. The summed E-state index contributed by atoms with van der Waals surface area (Å²) in [6.07, 6.45) is 0.364. The monoisotopic (exact) mass is 285 g/mol. The zero-order chi connectivity index (χ0) is 14.0. The van der Waals surface area contributed by atoms with E-state index in [9.17, 15) is 23.4 Å². The number of aromatic hydroxyl groups is 2. The lowest BCUT2D eigenvalue weighted by molar-refractivity contribution is 0.0762. The number of nitrogens with zero attached hydrogens (tertiary/aromatic N) is 1. The number of phenols is 2. The standard InChI is InChI=1S/C12H15NO5S/c14-9-3-1-4-10(15)11(9)12(16)13-5-2-7-19(17,18)8-6-13/h1,3-4,14-15H,2,5-8H2. The van der Waals surface area contributed by atoms with Crippen LogP contribution >= 0.6 is 0 Å². The van der Waals surface area contributed by atoms with E-state index in [2.05, 4.69) is 0 Å². The Hall–Kier alpha value is -1.76. The van der Waals surface area contributed by atoms with Crippen molar-refractivity contribution in [1.29, 1.82) is 0 Å². The molecule has 1 aromatic rings. The van der Waals surface area contributed by atoms with Crippen molar-refractivity contribution in [3.05, 3.63) is 23.8 Å². The summed E-state index contributed by atoms with van der Waals surface area (Å²) in [7, 11) is -3.11. The molecule has 0 bridgehead atoms. The van der Waals surface area contributed by atoms with Crippen LogP contribution in [0, 0.1) is 0 Å². The lowest BCUT2D eigenvalue weighted by Crippen LogP contribution is -2.33. The maximum absolute atomic E-state index is 12.2. The van der Waals surface area contributed by atoms with Gasteiger partial charge >= 0.3 is 0 Å². The van der Waals surface area contributed by atoms with Crippen molar-refractivity contribution < 1.29 is 23.4 Å². The van der Waals surface area contributed by atoms with Gasteiger partial charge in [0.05, 0.1) is 11.5 Å². The molecule has 1 aliphatic heterocycles. The highest BCUT2D eigenvalue weighted by Gasteiger charge is 2.26. The number of carbonyl (C=O) groups is 1. The van der Waals surface area contributed by atoms with Gasteiger partial charge < -0.3 is 15.1 Å². The molecule has 1 fully saturated rings. The fourth-order valence-corrected chi connectivity index (χ4v) is 3.32. The van der Waals surface area contributed by atoms with Gasteiger partial charge in [-0.15, -0.1) is 0 Å². The molecule has 2 N–H and O–H groups in total. The Morgan fingerprint density at radius 2 is 1.74 bits per heavy atom. The Kier molecular flexibility index (Phi) is 3.66. The maximum atomic E-state index is 12.2. The quantitative estimate of drug-likeness (QED) is 0.776. The van der Waals surface area contributed by atoms with Crippen LogP contribution in [0.1, 0.15) is 16.8 Å². The molecule has 1 saturated heterocycles. The first kappa shape index (κ1) is 13.7. The smallest absolute Gasteiger partial charge is 0.261 e. The molecule has 0 saturated carbocycles. The fraction of sp³-hybridized carbons (Fsp3) is 0.417. The highest BCUT2D eigenvalue weighted by atomic mass is 32.2. The van der Waals surface area contributed by atoms with Gasteiger partial charge in [-0.3, -0.25) is 4.79 Å². The highest BCUT2D eigenvalue weighted by molar-refractivity contribution is 7.91. The Bertz CT molecular complexity index is 576. The number of sulfone groups is 1. The van der Waals surface area contributed by atoms with Crippen molar-refractivity contribution in [1.82, 2.24) is 4.90 Å². The zero-order valence-electron chi connectivity index (χ0n) is 10.2. The Morgan fingerprint density at radius 3 is 2.37 bits per heavy atom. The van der Waals surface area contributed by atoms with Crippen molar-refractivity contribution in [2.75, 3.05) is 24.6 Å². The number of benzene rings is 1. The van der Waals surface area contributed by atoms with Crippen LogP contribution in [0.25, 0.3) is 0 Å². The molecule has 0 atom stereocenters. The second-order valence-electron chi connectivity index (χ2n) is 4.47. The minimum absolute atomic E-state index is 0.0591. The zero-order valence-corrected chi connectivity index (χ0v) is 11.1. The lowest BCUT2D eigenvalue weighted by Gasteiger charge is -2.20. The van der Waals surface area contributed by atoms with E-state index in [-0.39, 0.29) is 35.1 Å². The van der Waals surface area contributed by atoms with E-state index in [1.54, 1.807) is 0 Å². The van der Waals surface area contributed by atoms with Gasteiger partial charge in [-0.1, -0.05) is 6.07 Å². The second kappa shape index (κ2) is 5.08. The molecule has 19 heavy (non-hydrogen) atoms. The van der Waals surface area contributed by atoms with Crippen LogP contribution in [-0.4, -0.2) is 54.0 Å². The van der Waals surface area contributed by atoms with E-state index >= 15 is 0 Å². The predicted octanol–water partition coefficient (Wildman–Crippen LogP) is 0.358. The molecule has 1 amide bonds. The van der Waals surface area contributed by atoms with Crippen molar-refractivity contribution in [2.45, 2.75) is 6.42 Å². The summed E-state index contributed by atoms with van der Waals surface area (Å²) >= 11 is 0. The summed E-state index contributed by atoms with van der Waals surface area (Å²) in [5.41, 5.74) is -0.179. The van der Waals surface area contributed by atoms with E-state index in [0.29, 0.717) is 13.0 Å². The normalized spacial score (nSPS) is 18.8. The van der Waals surface area contributed by atoms with Gasteiger partial charge in [0.25, 0.3) is 5.91 Å². The third-order valence-electron chi connectivity index (χ3n) is 3.08. The molecule has 0 aliphatic carbocycles. The molecule has 7 heteroatoms. The number of phenolic OH excluding ortho intramolecular Hbond substituents is 2. The van der Waals surface area contributed by atoms with E-state index in [4.69, 9.17) is 0 Å². The Morgan fingerprint density at radius 1 is 1.11 bits per heavy atom. The van der Waals surface area contributed by atoms with Gasteiger partial charge in [0.1, 0.15) is 17.1 Å². The number of carbonyl (C=O) groups excluding carboxylic acids is 1. The van der Waals surface area contributed by atoms with Crippen LogP contribution in [0.2, 0.25) is 0 Å². The average Bonchev–Trinajstić information content (AvgIpc) is 2.50. The third kappa shape index (κ3) is 2.98. The van der Waals surface area contributed by atoms with E-state index < -0.39 is 15.7 Å². The summed E-state index contributed by atoms with van der Waals surface area (Å²) in [5, 5.41) is 19.3. The van der Waals surface area contributed by atoms with E-state index in [1.165, 1.54) is 23.1 Å². The third-order valence-corrected chi connectivity index (χ3v) is 4.79. The second-order valence-corrected chi connectivity index (χ2v) is 6.77. The molecule has 1 heterocycles. The Labute approximate surface area is 111 Å². The van der Waals surface area contributed by atoms with Crippen LogP contribution in [0.4, 0.5) is 0 Å². The van der Waals surface area contributed by atoms with Gasteiger partial charge in [0.2, 0.25) is 0 Å². The maximum Gasteiger partial charge on any atom is 0.261 e. The average molecular weight is 285 g/mol. The summed E-state index contributed by atoms with van der Waals surface area (Å²) in [5.74, 6) is -1.20. The molecule has 104 valence electrons. The molecular formula is C12H15NO5S. The minimum atomic E-state index is -3.11. The van der Waals surface area contributed by atoms with Gasteiger partial charge in [0.15, 0.2) is 9.84 Å². The van der Waals surface area contributed by atoms with Crippen LogP contribution in [-0.2, 0) is 9.84 Å². The molecule has 0 unspecified atom stereocenters. The molecular weight excluding hydrogens is 270 g/mol. The molecule has 2 rings (SSSR count). The summed E-state index contributed by atoms with van der Waals surface area (Å²) in [6.45, 7) is 0.376. The lowest BCUT2D eigenvalue weighted by atomic mass is 10.1. The first-order valence-corrected chi connectivity index (χ1v) is 7.73. The largest absolute Gasteiger partial charge is 0.507 e. The number of hydrogen-bond acceptors (Lipinski definition) is 5. The molecule has 0 radical (unpaired) electrons. The molecule has 1 aromatic carbocycles. The topological polar surface area (TPSA) is 94.9 Å². The van der Waals surface area contributed by atoms with Gasteiger partial charge in [-0.05, 0) is 18.6 Å². The Balaban J connectivity index is 2.25. The van der Waals surface area contributed by atoms with Gasteiger partial charge in [0, 0.05) is 13.1 Å². The summed E-state index contributed by atoms with van der Waals surface area (Å²) in [6, 6.07) is 4.04. The fourth-order valence-electron chi connectivity index (χ4n) is 2.05. The molecule has 0 spiro atoms. The molecule has 1 aliphatic rings. The van der Waals surface area contributed by atoms with Crippen LogP contribution in [0.3, 0.4) is 0 Å². The minimum Gasteiger partial charge on any atom is -0.507 e. The van der Waals surface area contributed by atoms with Crippen LogP contribution in [0.5, 0.6) is 11.5 Å². The van der Waals surface area contributed by atoms with E-state index in [0.717, 1.165) is 0 Å². The molecule has 0 aromatic heterocycles. The van der Waals surface area contributed by atoms with Crippen molar-refractivity contribution >= 4 is 15.7 Å². The summed E-state index contributed by atoms with van der Waals surface area (Å²) in [4.78, 5) is 13.6. The number of hydrogen-bond donors (Lipinski definition) is 2.